The molecule has 1 amide bonds. The van der Waals surface area contributed by atoms with Crippen LogP contribution in [0.15, 0.2) is 59.7 Å². The lowest BCUT2D eigenvalue weighted by atomic mass is 10.2. The van der Waals surface area contributed by atoms with Crippen LogP contribution in [0, 0.1) is 0 Å². The van der Waals surface area contributed by atoms with Crippen molar-refractivity contribution < 1.29 is 4.79 Å². The van der Waals surface area contributed by atoms with Gasteiger partial charge in [-0.05, 0) is 17.7 Å². The molecular weight excluding hydrogens is 302 g/mol. The van der Waals surface area contributed by atoms with Gasteiger partial charge in [-0.2, -0.15) is 0 Å². The second kappa shape index (κ2) is 9.99. The minimum Gasteiger partial charge on any atom is -0.370 e. The quantitative estimate of drug-likeness (QED) is 0.503. The van der Waals surface area contributed by atoms with Crippen LogP contribution in [0.2, 0.25) is 0 Å². The van der Waals surface area contributed by atoms with E-state index >= 15 is 0 Å². The highest BCUT2D eigenvalue weighted by Gasteiger charge is 2.01. The topological polar surface area (TPSA) is 92.4 Å². The van der Waals surface area contributed by atoms with Crippen molar-refractivity contribution in [2.45, 2.75) is 19.4 Å². The van der Waals surface area contributed by atoms with E-state index in [1.54, 1.807) is 6.20 Å². The molecule has 2 rings (SSSR count). The molecule has 0 unspecified atom stereocenters. The molecule has 0 atom stereocenters. The van der Waals surface area contributed by atoms with E-state index in [0.29, 0.717) is 32.0 Å². The average molecular weight is 325 g/mol. The Balaban J connectivity index is 1.59. The summed E-state index contributed by atoms with van der Waals surface area (Å²) < 4.78 is 0. The second-order valence-corrected chi connectivity index (χ2v) is 5.28. The summed E-state index contributed by atoms with van der Waals surface area (Å²) in [6.07, 6.45) is 2.85. The first kappa shape index (κ1) is 17.5. The van der Waals surface area contributed by atoms with E-state index in [9.17, 15) is 4.79 Å². The van der Waals surface area contributed by atoms with Crippen LogP contribution in [0.25, 0.3) is 0 Å². The van der Waals surface area contributed by atoms with Gasteiger partial charge in [0.25, 0.3) is 0 Å². The largest absolute Gasteiger partial charge is 0.370 e. The molecule has 1 aromatic heterocycles. The number of carbonyl (C=O) groups excluding carboxylic acids is 1. The number of hydrogen-bond donors (Lipinski definition) is 3. The number of nitrogens with one attached hydrogen (secondary N) is 2. The fourth-order valence-electron chi connectivity index (χ4n) is 2.08. The second-order valence-electron chi connectivity index (χ2n) is 5.28. The third kappa shape index (κ3) is 6.91. The molecule has 6 heteroatoms. The molecule has 0 spiro atoms. The fraction of sp³-hybridized carbons (Fsp3) is 0.278. The number of rotatable bonds is 8. The molecule has 0 radical (unpaired) electrons. The van der Waals surface area contributed by atoms with E-state index in [1.807, 2.05) is 48.5 Å². The van der Waals surface area contributed by atoms with Gasteiger partial charge < -0.3 is 16.4 Å². The van der Waals surface area contributed by atoms with Crippen LogP contribution >= 0.6 is 0 Å². The minimum atomic E-state index is -0.0381. The summed E-state index contributed by atoms with van der Waals surface area (Å²) in [5, 5.41) is 5.88. The first-order valence-electron chi connectivity index (χ1n) is 7.98. The molecule has 0 aliphatic rings. The van der Waals surface area contributed by atoms with Crippen LogP contribution in [-0.2, 0) is 17.8 Å². The van der Waals surface area contributed by atoms with Gasteiger partial charge >= 0.3 is 0 Å². The van der Waals surface area contributed by atoms with Crippen molar-refractivity contribution in [3.05, 3.63) is 66.0 Å². The smallest absolute Gasteiger partial charge is 0.222 e. The standard InChI is InChI=1S/C18H23N5O/c19-18(21-12-9-16-8-4-5-11-20-16)22-13-10-17(24)23-14-15-6-2-1-3-7-15/h1-8,11H,9-10,12-14H2,(H,23,24)(H3,19,21,22). The van der Waals surface area contributed by atoms with Crippen LogP contribution in [0.1, 0.15) is 17.7 Å². The van der Waals surface area contributed by atoms with Gasteiger partial charge in [-0.15, -0.1) is 0 Å². The van der Waals surface area contributed by atoms with E-state index in [-0.39, 0.29) is 5.91 Å². The Labute approximate surface area is 142 Å². The number of aromatic nitrogens is 1. The van der Waals surface area contributed by atoms with Gasteiger partial charge in [-0.1, -0.05) is 36.4 Å². The van der Waals surface area contributed by atoms with Gasteiger partial charge in [-0.3, -0.25) is 14.8 Å². The maximum absolute atomic E-state index is 11.7. The Morgan fingerprint density at radius 1 is 1.08 bits per heavy atom. The molecule has 1 aromatic carbocycles. The highest BCUT2D eigenvalue weighted by molar-refractivity contribution is 5.79. The number of carbonyl (C=O) groups is 1. The molecule has 0 saturated carbocycles. The van der Waals surface area contributed by atoms with Crippen molar-refractivity contribution in [1.82, 2.24) is 15.6 Å². The van der Waals surface area contributed by atoms with Crippen LogP contribution in [0.4, 0.5) is 0 Å². The maximum atomic E-state index is 11.7. The minimum absolute atomic E-state index is 0.0381. The molecule has 0 fully saturated rings. The lowest BCUT2D eigenvalue weighted by molar-refractivity contribution is -0.121. The van der Waals surface area contributed by atoms with Crippen molar-refractivity contribution in [1.29, 1.82) is 0 Å². The number of hydrogen-bond acceptors (Lipinski definition) is 3. The SMILES string of the molecule is NC(=NCCC(=O)NCc1ccccc1)NCCc1ccccn1. The van der Waals surface area contributed by atoms with Crippen molar-refractivity contribution >= 4 is 11.9 Å². The van der Waals surface area contributed by atoms with Crippen LogP contribution in [0.5, 0.6) is 0 Å². The lowest BCUT2D eigenvalue weighted by Crippen LogP contribution is -2.33. The van der Waals surface area contributed by atoms with E-state index in [1.165, 1.54) is 0 Å². The third-order valence-electron chi connectivity index (χ3n) is 3.37. The molecule has 2 aromatic rings. The summed E-state index contributed by atoms with van der Waals surface area (Å²) in [5.41, 5.74) is 7.85. The molecule has 4 N–H and O–H groups in total. The number of pyridine rings is 1. The zero-order valence-electron chi connectivity index (χ0n) is 13.6. The monoisotopic (exact) mass is 325 g/mol. The van der Waals surface area contributed by atoms with Crippen molar-refractivity contribution in [3.8, 4) is 0 Å². The van der Waals surface area contributed by atoms with Crippen molar-refractivity contribution in [2.24, 2.45) is 10.7 Å². The summed E-state index contributed by atoms with van der Waals surface area (Å²) in [7, 11) is 0. The first-order valence-corrected chi connectivity index (χ1v) is 7.98. The lowest BCUT2D eigenvalue weighted by Gasteiger charge is -2.06. The van der Waals surface area contributed by atoms with Gasteiger partial charge in [0, 0.05) is 37.8 Å². The number of amides is 1. The van der Waals surface area contributed by atoms with Gasteiger partial charge in [0.15, 0.2) is 5.96 Å². The molecule has 126 valence electrons. The van der Waals surface area contributed by atoms with E-state index in [0.717, 1.165) is 17.7 Å². The molecule has 0 aliphatic carbocycles. The van der Waals surface area contributed by atoms with Crippen LogP contribution in [0.3, 0.4) is 0 Å². The van der Waals surface area contributed by atoms with Gasteiger partial charge in [0.2, 0.25) is 5.91 Å². The number of guanidine groups is 1. The predicted octanol–water partition coefficient (Wildman–Crippen LogP) is 1.23. The molecule has 6 nitrogen and oxygen atoms in total. The molecule has 1 heterocycles. The predicted molar refractivity (Wildman–Crippen MR) is 95.3 cm³/mol. The van der Waals surface area contributed by atoms with Crippen LogP contribution in [-0.4, -0.2) is 29.9 Å². The molecule has 0 bridgehead atoms. The highest BCUT2D eigenvalue weighted by Crippen LogP contribution is 1.97. The van der Waals surface area contributed by atoms with Crippen molar-refractivity contribution in [3.63, 3.8) is 0 Å². The maximum Gasteiger partial charge on any atom is 0.222 e. The zero-order chi connectivity index (χ0) is 17.0. The highest BCUT2D eigenvalue weighted by atomic mass is 16.1. The Morgan fingerprint density at radius 2 is 1.88 bits per heavy atom. The molecular formula is C18H23N5O. The Bertz CT molecular complexity index is 643. The van der Waals surface area contributed by atoms with Crippen LogP contribution < -0.4 is 16.4 Å². The molecule has 0 aliphatic heterocycles. The first-order chi connectivity index (χ1) is 11.7. The number of nitrogens with zero attached hydrogens (tertiary/aromatic N) is 2. The fourth-order valence-corrected chi connectivity index (χ4v) is 2.08. The Morgan fingerprint density at radius 3 is 2.62 bits per heavy atom. The summed E-state index contributed by atoms with van der Waals surface area (Å²) in [4.78, 5) is 20.1. The molecule has 24 heavy (non-hydrogen) atoms. The van der Waals surface area contributed by atoms with Crippen molar-refractivity contribution in [2.75, 3.05) is 13.1 Å². The molecule has 0 saturated heterocycles. The van der Waals surface area contributed by atoms with E-state index in [4.69, 9.17) is 5.73 Å². The van der Waals surface area contributed by atoms with Gasteiger partial charge in [0.1, 0.15) is 0 Å². The number of nitrogens with two attached hydrogens (primary N) is 1. The third-order valence-corrected chi connectivity index (χ3v) is 3.37. The number of benzene rings is 1. The van der Waals surface area contributed by atoms with Gasteiger partial charge in [-0.25, -0.2) is 0 Å². The van der Waals surface area contributed by atoms with Gasteiger partial charge in [0.05, 0.1) is 6.54 Å². The summed E-state index contributed by atoms with van der Waals surface area (Å²) in [6.45, 7) is 1.55. The summed E-state index contributed by atoms with van der Waals surface area (Å²) >= 11 is 0. The normalized spacial score (nSPS) is 11.1. The Kier molecular flexibility index (Phi) is 7.27. The zero-order valence-corrected chi connectivity index (χ0v) is 13.6. The Hall–Kier alpha value is -2.89. The van der Waals surface area contributed by atoms with E-state index in [2.05, 4.69) is 20.6 Å². The van der Waals surface area contributed by atoms with E-state index < -0.39 is 0 Å². The average Bonchev–Trinajstić information content (AvgIpc) is 2.62. The summed E-state index contributed by atoms with van der Waals surface area (Å²) in [6, 6.07) is 15.6. The number of aliphatic imine (C=N–C) groups is 1. The summed E-state index contributed by atoms with van der Waals surface area (Å²) in [5.74, 6) is 0.311.